The first-order chi connectivity index (χ1) is 10.1. The van der Waals surface area contributed by atoms with Crippen LogP contribution in [0.15, 0.2) is 18.3 Å². The first-order valence-corrected chi connectivity index (χ1v) is 6.48. The van der Waals surface area contributed by atoms with E-state index < -0.39 is 0 Å². The lowest BCUT2D eigenvalue weighted by Gasteiger charge is -2.14. The molecule has 0 radical (unpaired) electrons. The third kappa shape index (κ3) is 3.04. The van der Waals surface area contributed by atoms with Gasteiger partial charge in [0.2, 0.25) is 5.88 Å². The van der Waals surface area contributed by atoms with E-state index in [1.54, 1.807) is 33.1 Å². The predicted molar refractivity (Wildman–Crippen MR) is 78.7 cm³/mol. The molecule has 6 nitrogen and oxygen atoms in total. The normalized spacial score (nSPS) is 10.3. The van der Waals surface area contributed by atoms with Gasteiger partial charge in [0.05, 0.1) is 28.4 Å². The van der Waals surface area contributed by atoms with E-state index in [0.29, 0.717) is 29.5 Å². The van der Waals surface area contributed by atoms with Crippen LogP contribution < -0.4 is 18.9 Å². The van der Waals surface area contributed by atoms with Crippen LogP contribution in [0.1, 0.15) is 11.1 Å². The zero-order valence-corrected chi connectivity index (χ0v) is 13.0. The number of benzene rings is 1. The van der Waals surface area contributed by atoms with Crippen molar-refractivity contribution in [1.82, 2.24) is 9.78 Å². The summed E-state index contributed by atoms with van der Waals surface area (Å²) in [5.41, 5.74) is 1.88. The first-order valence-electron chi connectivity index (χ1n) is 6.48. The molecule has 1 heterocycles. The highest BCUT2D eigenvalue weighted by atomic mass is 16.5. The molecule has 114 valence electrons. The lowest BCUT2D eigenvalue weighted by atomic mass is 10.0. The molecule has 0 saturated heterocycles. The smallest absolute Gasteiger partial charge is 0.236 e. The van der Waals surface area contributed by atoms with Gasteiger partial charge in [0, 0.05) is 42.9 Å². The lowest BCUT2D eigenvalue weighted by molar-refractivity contribution is 0.368. The molecule has 0 unspecified atom stereocenters. The molecule has 1 aromatic carbocycles. The molecule has 0 aliphatic rings. The van der Waals surface area contributed by atoms with E-state index in [1.165, 1.54) is 0 Å². The van der Waals surface area contributed by atoms with Gasteiger partial charge in [0.15, 0.2) is 0 Å². The summed E-state index contributed by atoms with van der Waals surface area (Å²) in [6, 6.07) is 3.67. The zero-order chi connectivity index (χ0) is 15.4. The molecule has 0 amide bonds. The molecular weight excluding hydrogens is 272 g/mol. The minimum absolute atomic E-state index is 0.591. The molecule has 0 N–H and O–H groups in total. The summed E-state index contributed by atoms with van der Waals surface area (Å²) >= 11 is 0. The number of nitrogens with zero attached hydrogens (tertiary/aromatic N) is 2. The molecule has 0 fully saturated rings. The van der Waals surface area contributed by atoms with Gasteiger partial charge in [-0.25, -0.2) is 0 Å². The van der Waals surface area contributed by atoms with Crippen molar-refractivity contribution >= 4 is 0 Å². The van der Waals surface area contributed by atoms with Gasteiger partial charge in [-0.15, -0.1) is 5.10 Å². The number of ether oxygens (including phenoxy) is 4. The molecule has 0 atom stereocenters. The van der Waals surface area contributed by atoms with Gasteiger partial charge in [-0.3, -0.25) is 4.68 Å². The van der Waals surface area contributed by atoms with E-state index in [-0.39, 0.29) is 0 Å². The van der Waals surface area contributed by atoms with Crippen molar-refractivity contribution in [3.8, 4) is 23.1 Å². The van der Waals surface area contributed by atoms with E-state index >= 15 is 0 Å². The fourth-order valence-corrected chi connectivity index (χ4v) is 2.25. The van der Waals surface area contributed by atoms with Gasteiger partial charge < -0.3 is 18.9 Å². The second-order valence-electron chi connectivity index (χ2n) is 4.52. The Kier molecular flexibility index (Phi) is 4.57. The van der Waals surface area contributed by atoms with Crippen LogP contribution in [0.3, 0.4) is 0 Å². The Balaban J connectivity index is 2.46. The second-order valence-corrected chi connectivity index (χ2v) is 4.52. The van der Waals surface area contributed by atoms with Crippen LogP contribution >= 0.6 is 0 Å². The Morgan fingerprint density at radius 3 is 2.05 bits per heavy atom. The van der Waals surface area contributed by atoms with E-state index in [2.05, 4.69) is 5.10 Å². The third-order valence-corrected chi connectivity index (χ3v) is 3.24. The van der Waals surface area contributed by atoms with E-state index in [4.69, 9.17) is 18.9 Å². The van der Waals surface area contributed by atoms with E-state index in [9.17, 15) is 0 Å². The minimum atomic E-state index is 0.591. The first kappa shape index (κ1) is 15.0. The summed E-state index contributed by atoms with van der Waals surface area (Å²) in [6.45, 7) is 0. The number of aromatic nitrogens is 2. The summed E-state index contributed by atoms with van der Waals surface area (Å²) in [6.07, 6.45) is 2.51. The lowest BCUT2D eigenvalue weighted by Crippen LogP contribution is -2.00. The van der Waals surface area contributed by atoms with Gasteiger partial charge >= 0.3 is 0 Å². The van der Waals surface area contributed by atoms with Crippen molar-refractivity contribution in [2.24, 2.45) is 7.05 Å². The quantitative estimate of drug-likeness (QED) is 0.815. The molecular formula is C15H20N2O4. The maximum Gasteiger partial charge on any atom is 0.236 e. The molecule has 0 saturated carbocycles. The predicted octanol–water partition coefficient (Wildman–Crippen LogP) is 2.05. The van der Waals surface area contributed by atoms with E-state index in [1.807, 2.05) is 25.4 Å². The van der Waals surface area contributed by atoms with Crippen LogP contribution in [0.2, 0.25) is 0 Å². The Bertz CT molecular complexity index is 597. The van der Waals surface area contributed by atoms with Crippen molar-refractivity contribution in [2.45, 2.75) is 6.42 Å². The molecule has 0 bridgehead atoms. The zero-order valence-electron chi connectivity index (χ0n) is 13.0. The number of methoxy groups -OCH3 is 4. The van der Waals surface area contributed by atoms with Gasteiger partial charge in [-0.2, -0.15) is 0 Å². The summed E-state index contributed by atoms with van der Waals surface area (Å²) in [5.74, 6) is 2.69. The second kappa shape index (κ2) is 6.39. The van der Waals surface area contributed by atoms with Gasteiger partial charge in [-0.1, -0.05) is 0 Å². The van der Waals surface area contributed by atoms with Crippen LogP contribution in [-0.4, -0.2) is 38.2 Å². The fraction of sp³-hybridized carbons (Fsp3) is 0.400. The van der Waals surface area contributed by atoms with Crippen LogP contribution in [0, 0.1) is 0 Å². The van der Waals surface area contributed by atoms with Gasteiger partial charge in [-0.05, 0) is 0 Å². The Labute approximate surface area is 124 Å². The molecule has 1 aromatic heterocycles. The standard InChI is InChI=1S/C15H20N2O4/c1-17-9-10(15(16-17)21-5)6-12-13(19-3)7-11(18-2)8-14(12)20-4/h7-9H,6H2,1-5H3. The van der Waals surface area contributed by atoms with Crippen molar-refractivity contribution in [3.05, 3.63) is 29.5 Å². The van der Waals surface area contributed by atoms with Crippen molar-refractivity contribution in [2.75, 3.05) is 28.4 Å². The molecule has 0 spiro atoms. The third-order valence-electron chi connectivity index (χ3n) is 3.24. The van der Waals surface area contributed by atoms with E-state index in [0.717, 1.165) is 11.1 Å². The maximum absolute atomic E-state index is 5.45. The highest BCUT2D eigenvalue weighted by Gasteiger charge is 2.17. The van der Waals surface area contributed by atoms with Crippen molar-refractivity contribution < 1.29 is 18.9 Å². The molecule has 2 aromatic rings. The highest BCUT2D eigenvalue weighted by molar-refractivity contribution is 5.53. The summed E-state index contributed by atoms with van der Waals surface area (Å²) in [7, 11) is 8.32. The van der Waals surface area contributed by atoms with Gasteiger partial charge in [0.25, 0.3) is 0 Å². The minimum Gasteiger partial charge on any atom is -0.496 e. The molecule has 0 aliphatic carbocycles. The van der Waals surface area contributed by atoms with Crippen LogP contribution in [0.5, 0.6) is 23.1 Å². The SMILES string of the molecule is COc1cc(OC)c(Cc2cn(C)nc2OC)c(OC)c1. The number of aryl methyl sites for hydroxylation is 1. The van der Waals surface area contributed by atoms with Crippen molar-refractivity contribution in [3.63, 3.8) is 0 Å². The molecule has 0 aliphatic heterocycles. The topological polar surface area (TPSA) is 54.7 Å². The molecule has 21 heavy (non-hydrogen) atoms. The molecule has 6 heteroatoms. The number of hydrogen-bond acceptors (Lipinski definition) is 5. The number of rotatable bonds is 6. The monoisotopic (exact) mass is 292 g/mol. The Morgan fingerprint density at radius 2 is 1.57 bits per heavy atom. The van der Waals surface area contributed by atoms with Crippen molar-refractivity contribution in [1.29, 1.82) is 0 Å². The largest absolute Gasteiger partial charge is 0.496 e. The van der Waals surface area contributed by atoms with Crippen LogP contribution in [0.25, 0.3) is 0 Å². The average molecular weight is 292 g/mol. The Morgan fingerprint density at radius 1 is 0.952 bits per heavy atom. The molecule has 2 rings (SSSR count). The average Bonchev–Trinajstić information content (AvgIpc) is 2.87. The van der Waals surface area contributed by atoms with Crippen LogP contribution in [0.4, 0.5) is 0 Å². The van der Waals surface area contributed by atoms with Gasteiger partial charge in [0.1, 0.15) is 17.2 Å². The Hall–Kier alpha value is -2.37. The highest BCUT2D eigenvalue weighted by Crippen LogP contribution is 2.36. The maximum atomic E-state index is 5.45. The fourth-order valence-electron chi connectivity index (χ4n) is 2.25. The summed E-state index contributed by atoms with van der Waals surface area (Å²) < 4.78 is 23.2. The van der Waals surface area contributed by atoms with Crippen LogP contribution in [-0.2, 0) is 13.5 Å². The summed E-state index contributed by atoms with van der Waals surface area (Å²) in [4.78, 5) is 0. The number of hydrogen-bond donors (Lipinski definition) is 0. The summed E-state index contributed by atoms with van der Waals surface area (Å²) in [5, 5.41) is 4.26.